The van der Waals surface area contributed by atoms with Gasteiger partial charge < -0.3 is 24.8 Å². The highest BCUT2D eigenvalue weighted by Crippen LogP contribution is 2.34. The zero-order valence-electron chi connectivity index (χ0n) is 12.2. The number of hydrogen-bond acceptors (Lipinski definition) is 4. The van der Waals surface area contributed by atoms with E-state index in [1.54, 1.807) is 39.0 Å². The molecule has 2 amide bonds. The Kier molecular flexibility index (Phi) is 3.93. The summed E-state index contributed by atoms with van der Waals surface area (Å²) in [5, 5.41) is 11.6. The summed E-state index contributed by atoms with van der Waals surface area (Å²) in [5.41, 5.74) is -0.0948. The summed E-state index contributed by atoms with van der Waals surface area (Å²) < 4.78 is 10.4. The predicted molar refractivity (Wildman–Crippen MR) is 75.7 cm³/mol. The van der Waals surface area contributed by atoms with E-state index >= 15 is 0 Å². The van der Waals surface area contributed by atoms with Gasteiger partial charge in [-0.15, -0.1) is 0 Å². The van der Waals surface area contributed by atoms with Gasteiger partial charge in [0.25, 0.3) is 0 Å². The molecule has 0 aromatic heterocycles. The van der Waals surface area contributed by atoms with Crippen molar-refractivity contribution in [3.05, 3.63) is 18.2 Å². The van der Waals surface area contributed by atoms with Crippen molar-refractivity contribution < 1.29 is 24.2 Å². The van der Waals surface area contributed by atoms with Crippen molar-refractivity contribution in [3.63, 3.8) is 0 Å². The van der Waals surface area contributed by atoms with Crippen LogP contribution in [0.3, 0.4) is 0 Å². The maximum atomic E-state index is 12.3. The van der Waals surface area contributed by atoms with Gasteiger partial charge in [-0.1, -0.05) is 0 Å². The Morgan fingerprint density at radius 1 is 1.29 bits per heavy atom. The molecule has 0 bridgehead atoms. The number of nitrogens with zero attached hydrogens (tertiary/aromatic N) is 1. The molecule has 1 aromatic carbocycles. The van der Waals surface area contributed by atoms with Crippen LogP contribution in [0, 0.1) is 0 Å². The summed E-state index contributed by atoms with van der Waals surface area (Å²) in [4.78, 5) is 24.4. The van der Waals surface area contributed by atoms with E-state index in [-0.39, 0.29) is 13.3 Å². The predicted octanol–water partition coefficient (Wildman–Crippen LogP) is 2.13. The fourth-order valence-electron chi connectivity index (χ4n) is 1.91. The van der Waals surface area contributed by atoms with Gasteiger partial charge in [-0.3, -0.25) is 4.79 Å². The molecule has 2 rings (SSSR count). The number of ether oxygens (including phenoxy) is 2. The van der Waals surface area contributed by atoms with E-state index in [9.17, 15) is 9.59 Å². The second kappa shape index (κ2) is 5.51. The summed E-state index contributed by atoms with van der Waals surface area (Å²) in [6.45, 7) is 5.10. The van der Waals surface area contributed by atoms with Crippen molar-refractivity contribution in [1.29, 1.82) is 0 Å². The molecule has 7 nitrogen and oxygen atoms in total. The minimum absolute atomic E-state index is 0.153. The molecule has 21 heavy (non-hydrogen) atoms. The first-order valence-corrected chi connectivity index (χ1v) is 6.47. The van der Waals surface area contributed by atoms with Gasteiger partial charge in [0.1, 0.15) is 6.54 Å². The van der Waals surface area contributed by atoms with Crippen LogP contribution in [0.5, 0.6) is 11.5 Å². The minimum Gasteiger partial charge on any atom is -0.480 e. The van der Waals surface area contributed by atoms with Crippen molar-refractivity contribution >= 4 is 17.7 Å². The Labute approximate surface area is 122 Å². The quantitative estimate of drug-likeness (QED) is 0.891. The second-order valence-corrected chi connectivity index (χ2v) is 5.65. The van der Waals surface area contributed by atoms with Crippen LogP contribution in [0.2, 0.25) is 0 Å². The van der Waals surface area contributed by atoms with Crippen LogP contribution >= 0.6 is 0 Å². The second-order valence-electron chi connectivity index (χ2n) is 5.65. The van der Waals surface area contributed by atoms with Gasteiger partial charge in [0.2, 0.25) is 6.79 Å². The molecule has 0 radical (unpaired) electrons. The number of carbonyl (C=O) groups is 2. The molecule has 0 fully saturated rings. The van der Waals surface area contributed by atoms with Gasteiger partial charge in [0.15, 0.2) is 11.5 Å². The lowest BCUT2D eigenvalue weighted by Crippen LogP contribution is -2.50. The van der Waals surface area contributed by atoms with Gasteiger partial charge in [0.05, 0.1) is 0 Å². The first-order valence-electron chi connectivity index (χ1n) is 6.47. The smallest absolute Gasteiger partial charge is 0.323 e. The number of hydrogen-bond donors (Lipinski definition) is 2. The molecule has 0 unspecified atom stereocenters. The lowest BCUT2D eigenvalue weighted by Gasteiger charge is -2.34. The fourth-order valence-corrected chi connectivity index (χ4v) is 1.91. The van der Waals surface area contributed by atoms with Crippen LogP contribution in [0.15, 0.2) is 18.2 Å². The molecule has 114 valence electrons. The van der Waals surface area contributed by atoms with Crippen molar-refractivity contribution in [2.45, 2.75) is 26.3 Å². The van der Waals surface area contributed by atoms with Crippen molar-refractivity contribution in [2.24, 2.45) is 0 Å². The number of carbonyl (C=O) groups excluding carboxylic acids is 1. The summed E-state index contributed by atoms with van der Waals surface area (Å²) in [6, 6.07) is 4.52. The molecular formula is C14H18N2O5. The number of carboxylic acids is 1. The number of anilines is 1. The van der Waals surface area contributed by atoms with Gasteiger partial charge in [-0.05, 0) is 32.9 Å². The Morgan fingerprint density at radius 3 is 2.57 bits per heavy atom. The summed E-state index contributed by atoms with van der Waals surface area (Å²) >= 11 is 0. The molecule has 7 heteroatoms. The van der Waals surface area contributed by atoms with E-state index in [0.29, 0.717) is 17.2 Å². The first kappa shape index (κ1) is 15.0. The van der Waals surface area contributed by atoms with E-state index in [1.165, 1.54) is 4.90 Å². The molecule has 0 atom stereocenters. The average molecular weight is 294 g/mol. The standard InChI is InChI=1S/C14H18N2O5/c1-14(2,3)16(7-12(17)18)13(19)15-9-4-5-10-11(6-9)21-8-20-10/h4-6H,7-8H2,1-3H3,(H,15,19)(H,17,18). The molecule has 0 spiro atoms. The number of urea groups is 1. The van der Waals surface area contributed by atoms with Crippen LogP contribution in [0.1, 0.15) is 20.8 Å². The number of fused-ring (bicyclic) bond motifs is 1. The third-order valence-corrected chi connectivity index (χ3v) is 2.97. The Balaban J connectivity index is 2.13. The number of benzene rings is 1. The largest absolute Gasteiger partial charge is 0.480 e. The van der Waals surface area contributed by atoms with Crippen LogP contribution < -0.4 is 14.8 Å². The molecule has 0 aliphatic carbocycles. The van der Waals surface area contributed by atoms with E-state index in [2.05, 4.69) is 5.32 Å². The number of aliphatic carboxylic acids is 1. The van der Waals surface area contributed by atoms with E-state index in [1.807, 2.05) is 0 Å². The van der Waals surface area contributed by atoms with Crippen molar-refractivity contribution in [2.75, 3.05) is 18.7 Å². The van der Waals surface area contributed by atoms with E-state index in [4.69, 9.17) is 14.6 Å². The van der Waals surface area contributed by atoms with Crippen molar-refractivity contribution in [3.8, 4) is 11.5 Å². The fraction of sp³-hybridized carbons (Fsp3) is 0.429. The maximum Gasteiger partial charge on any atom is 0.323 e. The molecule has 2 N–H and O–H groups in total. The average Bonchev–Trinajstić information content (AvgIpc) is 2.81. The summed E-state index contributed by atoms with van der Waals surface area (Å²) in [6.07, 6.45) is 0. The zero-order valence-corrected chi connectivity index (χ0v) is 12.2. The van der Waals surface area contributed by atoms with Crippen LogP contribution in [0.4, 0.5) is 10.5 Å². The molecule has 1 aliphatic heterocycles. The molecule has 1 aliphatic rings. The lowest BCUT2D eigenvalue weighted by atomic mass is 10.1. The highest BCUT2D eigenvalue weighted by atomic mass is 16.7. The zero-order chi connectivity index (χ0) is 15.6. The highest BCUT2D eigenvalue weighted by molar-refractivity contribution is 5.92. The van der Waals surface area contributed by atoms with E-state index < -0.39 is 17.5 Å². The maximum absolute atomic E-state index is 12.3. The number of nitrogens with one attached hydrogen (secondary N) is 1. The monoisotopic (exact) mass is 294 g/mol. The van der Waals surface area contributed by atoms with Gasteiger partial charge in [0, 0.05) is 17.3 Å². The summed E-state index contributed by atoms with van der Waals surface area (Å²) in [7, 11) is 0. The van der Waals surface area contributed by atoms with Gasteiger partial charge in [-0.2, -0.15) is 0 Å². The Morgan fingerprint density at radius 2 is 1.95 bits per heavy atom. The minimum atomic E-state index is -1.06. The molecule has 0 saturated heterocycles. The number of amides is 2. The van der Waals surface area contributed by atoms with Crippen molar-refractivity contribution in [1.82, 2.24) is 4.90 Å². The Hall–Kier alpha value is -2.44. The van der Waals surface area contributed by atoms with Crippen LogP contribution in [0.25, 0.3) is 0 Å². The summed E-state index contributed by atoms with van der Waals surface area (Å²) in [5.74, 6) is 0.102. The third kappa shape index (κ3) is 3.56. The topological polar surface area (TPSA) is 88.1 Å². The number of rotatable bonds is 3. The van der Waals surface area contributed by atoms with E-state index in [0.717, 1.165) is 0 Å². The molecule has 1 heterocycles. The SMILES string of the molecule is CC(C)(C)N(CC(=O)O)C(=O)Nc1ccc2c(c1)OCO2. The van der Waals surface area contributed by atoms with Gasteiger partial charge >= 0.3 is 12.0 Å². The molecular weight excluding hydrogens is 276 g/mol. The highest BCUT2D eigenvalue weighted by Gasteiger charge is 2.28. The lowest BCUT2D eigenvalue weighted by molar-refractivity contribution is -0.138. The first-order chi connectivity index (χ1) is 9.77. The van der Waals surface area contributed by atoms with Gasteiger partial charge in [-0.25, -0.2) is 4.79 Å². The van der Waals surface area contributed by atoms with Crippen LogP contribution in [-0.4, -0.2) is 40.9 Å². The number of carboxylic acid groups (broad SMARTS) is 1. The normalized spacial score (nSPS) is 12.9. The van der Waals surface area contributed by atoms with Crippen LogP contribution in [-0.2, 0) is 4.79 Å². The third-order valence-electron chi connectivity index (χ3n) is 2.97. The molecule has 0 saturated carbocycles. The molecule has 1 aromatic rings. The Bertz CT molecular complexity index is 565.